The molecular formula is C17H22ClN5OS. The Hall–Kier alpha value is -1.93. The monoisotopic (exact) mass is 379 g/mol. The second kappa shape index (κ2) is 9.53. The van der Waals surface area contributed by atoms with Crippen molar-refractivity contribution in [2.24, 2.45) is 0 Å². The van der Waals surface area contributed by atoms with Gasteiger partial charge in [-0.2, -0.15) is 5.10 Å². The Labute approximate surface area is 157 Å². The van der Waals surface area contributed by atoms with Gasteiger partial charge in [0.15, 0.2) is 5.13 Å². The predicted octanol–water partition coefficient (Wildman–Crippen LogP) is 2.39. The topological polar surface area (TPSA) is 80.2 Å². The van der Waals surface area contributed by atoms with Crippen molar-refractivity contribution in [3.63, 3.8) is 0 Å². The van der Waals surface area contributed by atoms with Crippen molar-refractivity contribution < 1.29 is 5.11 Å². The molecule has 0 spiro atoms. The van der Waals surface area contributed by atoms with E-state index in [4.69, 9.17) is 5.73 Å². The van der Waals surface area contributed by atoms with E-state index in [1.165, 1.54) is 16.9 Å². The molecule has 8 heteroatoms. The average Bonchev–Trinajstić information content (AvgIpc) is 3.18. The van der Waals surface area contributed by atoms with Crippen LogP contribution in [0, 0.1) is 0 Å². The van der Waals surface area contributed by atoms with Crippen LogP contribution in [0.4, 0.5) is 5.13 Å². The van der Waals surface area contributed by atoms with Crippen LogP contribution < -0.4 is 5.73 Å². The molecule has 1 aromatic carbocycles. The summed E-state index contributed by atoms with van der Waals surface area (Å²) < 4.78 is 1.94. The van der Waals surface area contributed by atoms with E-state index in [-0.39, 0.29) is 19.0 Å². The zero-order valence-corrected chi connectivity index (χ0v) is 15.4. The number of aromatic nitrogens is 3. The lowest BCUT2D eigenvalue weighted by Crippen LogP contribution is -2.25. The minimum atomic E-state index is 0. The Morgan fingerprint density at radius 2 is 1.92 bits per heavy atom. The molecule has 2 heterocycles. The number of nitrogens with two attached hydrogens (primary N) is 1. The van der Waals surface area contributed by atoms with E-state index in [1.54, 1.807) is 6.20 Å². The third-order valence-electron chi connectivity index (χ3n) is 3.65. The Kier molecular flexibility index (Phi) is 7.39. The fourth-order valence-corrected chi connectivity index (χ4v) is 3.30. The quantitative estimate of drug-likeness (QED) is 0.628. The molecule has 25 heavy (non-hydrogen) atoms. The minimum Gasteiger partial charge on any atom is -0.395 e. The smallest absolute Gasteiger partial charge is 0.180 e. The van der Waals surface area contributed by atoms with Gasteiger partial charge in [-0.3, -0.25) is 9.58 Å². The molecule has 0 saturated carbocycles. The number of hydrogen-bond acceptors (Lipinski definition) is 6. The van der Waals surface area contributed by atoms with Crippen LogP contribution in [-0.4, -0.2) is 37.9 Å². The van der Waals surface area contributed by atoms with Gasteiger partial charge >= 0.3 is 0 Å². The highest BCUT2D eigenvalue weighted by atomic mass is 35.5. The summed E-state index contributed by atoms with van der Waals surface area (Å²) in [6.07, 6.45) is 5.73. The van der Waals surface area contributed by atoms with Crippen molar-refractivity contribution in [3.05, 3.63) is 64.9 Å². The van der Waals surface area contributed by atoms with Crippen molar-refractivity contribution in [2.75, 3.05) is 18.9 Å². The van der Waals surface area contributed by atoms with Gasteiger partial charge < -0.3 is 10.8 Å². The van der Waals surface area contributed by atoms with Crippen LogP contribution in [0.15, 0.2) is 48.9 Å². The number of thiazole rings is 1. The number of benzene rings is 1. The zero-order chi connectivity index (χ0) is 16.8. The van der Waals surface area contributed by atoms with Gasteiger partial charge in [-0.25, -0.2) is 4.98 Å². The molecule has 0 atom stereocenters. The lowest BCUT2D eigenvalue weighted by molar-refractivity contribution is 0.185. The Morgan fingerprint density at radius 3 is 2.60 bits per heavy atom. The SMILES string of the molecule is Cl.Nc1ncc(CN(CCO)Cc2cnn(Cc3ccccc3)c2)s1. The third kappa shape index (κ3) is 5.82. The lowest BCUT2D eigenvalue weighted by Gasteiger charge is -2.19. The van der Waals surface area contributed by atoms with Gasteiger partial charge in [-0.05, 0) is 5.56 Å². The maximum Gasteiger partial charge on any atom is 0.180 e. The summed E-state index contributed by atoms with van der Waals surface area (Å²) in [4.78, 5) is 7.34. The van der Waals surface area contributed by atoms with Gasteiger partial charge in [0.2, 0.25) is 0 Å². The van der Waals surface area contributed by atoms with Crippen LogP contribution in [0.5, 0.6) is 0 Å². The summed E-state index contributed by atoms with van der Waals surface area (Å²) in [7, 11) is 0. The number of aliphatic hydroxyl groups is 1. The van der Waals surface area contributed by atoms with Crippen LogP contribution in [-0.2, 0) is 19.6 Å². The van der Waals surface area contributed by atoms with Gasteiger partial charge in [0.25, 0.3) is 0 Å². The van der Waals surface area contributed by atoms with E-state index in [0.717, 1.165) is 30.1 Å². The van der Waals surface area contributed by atoms with E-state index in [2.05, 4.69) is 33.3 Å². The first-order valence-corrected chi connectivity index (χ1v) is 8.63. The first-order valence-electron chi connectivity index (χ1n) is 7.81. The van der Waals surface area contributed by atoms with Gasteiger partial charge in [-0.1, -0.05) is 30.3 Å². The molecule has 3 rings (SSSR count). The highest BCUT2D eigenvalue weighted by Gasteiger charge is 2.10. The van der Waals surface area contributed by atoms with Crippen molar-refractivity contribution in [2.45, 2.75) is 19.6 Å². The highest BCUT2D eigenvalue weighted by Crippen LogP contribution is 2.17. The Bertz CT molecular complexity index is 761. The first kappa shape index (κ1) is 19.4. The summed E-state index contributed by atoms with van der Waals surface area (Å²) in [5, 5.41) is 14.3. The molecule has 0 bridgehead atoms. The van der Waals surface area contributed by atoms with Crippen molar-refractivity contribution in [3.8, 4) is 0 Å². The molecule has 3 aromatic rings. The molecule has 0 amide bonds. The summed E-state index contributed by atoms with van der Waals surface area (Å²) in [5.74, 6) is 0. The molecule has 0 radical (unpaired) electrons. The van der Waals surface area contributed by atoms with Crippen LogP contribution >= 0.6 is 23.7 Å². The standard InChI is InChI=1S/C17H21N5OS.ClH/c18-17-19-9-16(24-17)13-21(6-7-23)10-15-8-20-22(12-15)11-14-4-2-1-3-5-14;/h1-5,8-9,12,23H,6-7,10-11,13H2,(H2,18,19);1H. The number of halogens is 1. The van der Waals surface area contributed by atoms with Gasteiger partial charge in [-0.15, -0.1) is 23.7 Å². The molecule has 0 aliphatic heterocycles. The molecule has 0 aliphatic carbocycles. The van der Waals surface area contributed by atoms with Crippen LogP contribution in [0.25, 0.3) is 0 Å². The lowest BCUT2D eigenvalue weighted by atomic mass is 10.2. The maximum atomic E-state index is 9.30. The van der Waals surface area contributed by atoms with Crippen molar-refractivity contribution >= 4 is 28.9 Å². The normalized spacial score (nSPS) is 10.8. The molecule has 3 N–H and O–H groups in total. The van der Waals surface area contributed by atoms with Crippen LogP contribution in [0.2, 0.25) is 0 Å². The second-order valence-corrected chi connectivity index (χ2v) is 6.78. The largest absolute Gasteiger partial charge is 0.395 e. The van der Waals surface area contributed by atoms with Crippen LogP contribution in [0.3, 0.4) is 0 Å². The number of nitrogen functional groups attached to an aromatic ring is 1. The minimum absolute atomic E-state index is 0. The number of anilines is 1. The van der Waals surface area contributed by atoms with E-state index < -0.39 is 0 Å². The summed E-state index contributed by atoms with van der Waals surface area (Å²) >= 11 is 1.48. The molecule has 0 saturated heterocycles. The van der Waals surface area contributed by atoms with Crippen LogP contribution in [0.1, 0.15) is 16.0 Å². The van der Waals surface area contributed by atoms with Gasteiger partial charge in [0, 0.05) is 42.5 Å². The molecule has 6 nitrogen and oxygen atoms in total. The number of nitrogens with zero attached hydrogens (tertiary/aromatic N) is 4. The first-order chi connectivity index (χ1) is 11.7. The molecule has 0 fully saturated rings. The average molecular weight is 380 g/mol. The van der Waals surface area contributed by atoms with E-state index in [0.29, 0.717) is 11.7 Å². The summed E-state index contributed by atoms with van der Waals surface area (Å²) in [6, 6.07) is 10.3. The second-order valence-electron chi connectivity index (χ2n) is 5.63. The summed E-state index contributed by atoms with van der Waals surface area (Å²) in [6.45, 7) is 2.92. The number of hydrogen-bond donors (Lipinski definition) is 2. The zero-order valence-electron chi connectivity index (χ0n) is 13.8. The fraction of sp³-hybridized carbons (Fsp3) is 0.294. The van der Waals surface area contributed by atoms with E-state index in [9.17, 15) is 5.11 Å². The van der Waals surface area contributed by atoms with Crippen molar-refractivity contribution in [1.82, 2.24) is 19.7 Å². The Morgan fingerprint density at radius 1 is 1.12 bits per heavy atom. The molecule has 134 valence electrons. The molecular weight excluding hydrogens is 358 g/mol. The summed E-state index contributed by atoms with van der Waals surface area (Å²) in [5.41, 5.74) is 8.03. The van der Waals surface area contributed by atoms with Gasteiger partial charge in [0.1, 0.15) is 0 Å². The maximum absolute atomic E-state index is 9.30. The molecule has 0 aliphatic rings. The third-order valence-corrected chi connectivity index (χ3v) is 4.46. The van der Waals surface area contributed by atoms with E-state index in [1.807, 2.05) is 29.1 Å². The fourth-order valence-electron chi connectivity index (χ4n) is 2.57. The Balaban J connectivity index is 0.00000225. The number of rotatable bonds is 8. The van der Waals surface area contributed by atoms with E-state index >= 15 is 0 Å². The van der Waals surface area contributed by atoms with Crippen molar-refractivity contribution in [1.29, 1.82) is 0 Å². The predicted molar refractivity (Wildman–Crippen MR) is 103 cm³/mol. The highest BCUT2D eigenvalue weighted by molar-refractivity contribution is 7.15. The molecule has 2 aromatic heterocycles. The van der Waals surface area contributed by atoms with Gasteiger partial charge in [0.05, 0.1) is 19.3 Å². The molecule has 0 unspecified atom stereocenters. The number of aliphatic hydroxyl groups excluding tert-OH is 1.